The van der Waals surface area contributed by atoms with E-state index in [-0.39, 0.29) is 17.8 Å². The van der Waals surface area contributed by atoms with Crippen molar-refractivity contribution in [2.75, 3.05) is 18.5 Å². The Balaban J connectivity index is 2.63. The minimum absolute atomic E-state index is 0.0270. The van der Waals surface area contributed by atoms with Crippen molar-refractivity contribution in [3.05, 3.63) is 10.8 Å². The predicted octanol–water partition coefficient (Wildman–Crippen LogP) is 2.13. The van der Waals surface area contributed by atoms with Crippen molar-refractivity contribution in [3.63, 3.8) is 0 Å². The van der Waals surface area contributed by atoms with E-state index in [0.717, 1.165) is 0 Å². The van der Waals surface area contributed by atoms with Gasteiger partial charge in [0.25, 0.3) is 0 Å². The Morgan fingerprint density at radius 2 is 2.17 bits per heavy atom. The van der Waals surface area contributed by atoms with Gasteiger partial charge in [0.05, 0.1) is 0 Å². The molecule has 0 radical (unpaired) electrons. The number of carbonyl (C=O) groups is 1. The number of carbonyl (C=O) groups excluding carboxylic acids is 1. The highest BCUT2D eigenvalue weighted by Crippen LogP contribution is 2.34. The molecule has 0 aromatic carbocycles. The molecular weight excluding hydrogens is 258 g/mol. The lowest BCUT2D eigenvalue weighted by molar-refractivity contribution is 0.248. The molecule has 0 atom stereocenters. The Bertz CT molecular complexity index is 412. The molecule has 0 saturated carbocycles. The molecule has 0 aliphatic carbocycles. The Hall–Kier alpha value is -1.27. The molecule has 0 spiro atoms. The molecule has 0 fully saturated rings. The number of rotatable bonds is 4. The third-order valence-electron chi connectivity index (χ3n) is 2.17. The maximum Gasteiger partial charge on any atom is 0.320 e. The summed E-state index contributed by atoms with van der Waals surface area (Å²) < 4.78 is 5.12. The van der Waals surface area contributed by atoms with Gasteiger partial charge in [-0.3, -0.25) is 5.32 Å². The number of nitrogens with one attached hydrogen (secondary N) is 2. The summed E-state index contributed by atoms with van der Waals surface area (Å²) in [5.41, 5.74) is -0.280. The highest BCUT2D eigenvalue weighted by atomic mass is 35.5. The standard InChI is InChI=1S/C11H18ClN3O3/c1-11(2,3)8-7(12)9(15-18-8)14-10(17)13-5-4-6-16/h16H,4-6H2,1-3H3,(H2,13,14,15,17). The van der Waals surface area contributed by atoms with Crippen LogP contribution in [0.1, 0.15) is 33.0 Å². The zero-order chi connectivity index (χ0) is 13.8. The lowest BCUT2D eigenvalue weighted by atomic mass is 9.93. The molecule has 1 rings (SSSR count). The molecule has 0 saturated heterocycles. The number of halogens is 1. The molecule has 1 heterocycles. The molecule has 0 aliphatic rings. The van der Waals surface area contributed by atoms with E-state index in [1.54, 1.807) is 0 Å². The van der Waals surface area contributed by atoms with E-state index in [1.807, 2.05) is 20.8 Å². The first-order valence-electron chi connectivity index (χ1n) is 5.67. The molecule has 6 nitrogen and oxygen atoms in total. The Kier molecular flexibility index (Phi) is 4.98. The van der Waals surface area contributed by atoms with Gasteiger partial charge in [0.1, 0.15) is 5.02 Å². The van der Waals surface area contributed by atoms with Crippen molar-refractivity contribution >= 4 is 23.4 Å². The number of hydrogen-bond acceptors (Lipinski definition) is 4. The van der Waals surface area contributed by atoms with Crippen LogP contribution in [-0.4, -0.2) is 29.4 Å². The van der Waals surface area contributed by atoms with E-state index in [1.165, 1.54) is 0 Å². The van der Waals surface area contributed by atoms with Crippen LogP contribution in [0.15, 0.2) is 4.52 Å². The van der Waals surface area contributed by atoms with Crippen LogP contribution < -0.4 is 10.6 Å². The lowest BCUT2D eigenvalue weighted by Crippen LogP contribution is -2.30. The van der Waals surface area contributed by atoms with Gasteiger partial charge in [-0.25, -0.2) is 4.79 Å². The first kappa shape index (κ1) is 14.8. The van der Waals surface area contributed by atoms with Crippen LogP contribution >= 0.6 is 11.6 Å². The fourth-order valence-electron chi connectivity index (χ4n) is 1.26. The maximum absolute atomic E-state index is 11.5. The number of aromatic nitrogens is 1. The lowest BCUT2D eigenvalue weighted by Gasteiger charge is -2.13. The van der Waals surface area contributed by atoms with Gasteiger partial charge >= 0.3 is 6.03 Å². The van der Waals surface area contributed by atoms with Gasteiger partial charge in [0.2, 0.25) is 0 Å². The SMILES string of the molecule is CC(C)(C)c1onc(NC(=O)NCCCO)c1Cl. The molecule has 3 N–H and O–H groups in total. The van der Waals surface area contributed by atoms with Crippen LogP contribution in [0, 0.1) is 0 Å². The van der Waals surface area contributed by atoms with Gasteiger partial charge in [0, 0.05) is 18.6 Å². The number of aliphatic hydroxyl groups excluding tert-OH is 1. The summed E-state index contributed by atoms with van der Waals surface area (Å²) >= 11 is 6.08. The zero-order valence-electron chi connectivity index (χ0n) is 10.7. The molecule has 0 bridgehead atoms. The van der Waals surface area contributed by atoms with Crippen LogP contribution in [-0.2, 0) is 5.41 Å². The van der Waals surface area contributed by atoms with Crippen LogP contribution in [0.5, 0.6) is 0 Å². The summed E-state index contributed by atoms with van der Waals surface area (Å²) in [6.45, 7) is 6.21. The molecule has 18 heavy (non-hydrogen) atoms. The molecule has 7 heteroatoms. The van der Waals surface area contributed by atoms with Gasteiger partial charge in [0.15, 0.2) is 11.6 Å². The average Bonchev–Trinajstić information content (AvgIpc) is 2.60. The normalized spacial score (nSPS) is 11.4. The van der Waals surface area contributed by atoms with Crippen molar-refractivity contribution < 1.29 is 14.4 Å². The Labute approximate surface area is 111 Å². The molecule has 1 aromatic rings. The summed E-state index contributed by atoms with van der Waals surface area (Å²) in [4.78, 5) is 11.5. The van der Waals surface area contributed by atoms with Gasteiger partial charge in [-0.2, -0.15) is 0 Å². The van der Waals surface area contributed by atoms with Crippen molar-refractivity contribution in [2.24, 2.45) is 0 Å². The second-order valence-corrected chi connectivity index (χ2v) is 5.26. The smallest absolute Gasteiger partial charge is 0.320 e. The fraction of sp³-hybridized carbons (Fsp3) is 0.636. The third-order valence-corrected chi connectivity index (χ3v) is 2.52. The largest absolute Gasteiger partial charge is 0.396 e. The summed E-state index contributed by atoms with van der Waals surface area (Å²) in [6.07, 6.45) is 0.493. The van der Waals surface area contributed by atoms with Gasteiger partial charge in [-0.15, -0.1) is 0 Å². The fourth-order valence-corrected chi connectivity index (χ4v) is 1.66. The van der Waals surface area contributed by atoms with E-state index >= 15 is 0 Å². The minimum Gasteiger partial charge on any atom is -0.396 e. The number of hydrogen-bond donors (Lipinski definition) is 3. The van der Waals surface area contributed by atoms with Crippen molar-refractivity contribution in [2.45, 2.75) is 32.6 Å². The van der Waals surface area contributed by atoms with Crippen LogP contribution in [0.4, 0.5) is 10.6 Å². The zero-order valence-corrected chi connectivity index (χ0v) is 11.5. The first-order chi connectivity index (χ1) is 8.36. The Morgan fingerprint density at radius 1 is 1.50 bits per heavy atom. The van der Waals surface area contributed by atoms with Crippen molar-refractivity contribution in [1.82, 2.24) is 10.5 Å². The number of aliphatic hydroxyl groups is 1. The van der Waals surface area contributed by atoms with Crippen LogP contribution in [0.2, 0.25) is 5.02 Å². The summed E-state index contributed by atoms with van der Waals surface area (Å²) in [6, 6.07) is -0.431. The molecule has 0 unspecified atom stereocenters. The number of urea groups is 1. The van der Waals surface area contributed by atoms with E-state index in [0.29, 0.717) is 23.7 Å². The third kappa shape index (κ3) is 3.89. The van der Waals surface area contributed by atoms with E-state index < -0.39 is 6.03 Å². The quantitative estimate of drug-likeness (QED) is 0.735. The van der Waals surface area contributed by atoms with E-state index in [2.05, 4.69) is 15.8 Å². The summed E-state index contributed by atoms with van der Waals surface area (Å²) in [5, 5.41) is 17.7. The van der Waals surface area contributed by atoms with E-state index in [9.17, 15) is 4.79 Å². The highest BCUT2D eigenvalue weighted by Gasteiger charge is 2.26. The molecule has 102 valence electrons. The summed E-state index contributed by atoms with van der Waals surface area (Å²) in [5.74, 6) is 0.720. The minimum atomic E-state index is -0.431. The van der Waals surface area contributed by atoms with Crippen molar-refractivity contribution in [3.8, 4) is 0 Å². The first-order valence-corrected chi connectivity index (χ1v) is 6.05. The maximum atomic E-state index is 11.5. The molecule has 0 aliphatic heterocycles. The molecule has 2 amide bonds. The number of anilines is 1. The Morgan fingerprint density at radius 3 is 2.67 bits per heavy atom. The second kappa shape index (κ2) is 6.06. The van der Waals surface area contributed by atoms with Crippen LogP contribution in [0.3, 0.4) is 0 Å². The number of nitrogens with zero attached hydrogens (tertiary/aromatic N) is 1. The molecule has 1 aromatic heterocycles. The van der Waals surface area contributed by atoms with Crippen LogP contribution in [0.25, 0.3) is 0 Å². The van der Waals surface area contributed by atoms with Crippen molar-refractivity contribution in [1.29, 1.82) is 0 Å². The predicted molar refractivity (Wildman–Crippen MR) is 68.9 cm³/mol. The molecular formula is C11H18ClN3O3. The highest BCUT2D eigenvalue weighted by molar-refractivity contribution is 6.34. The average molecular weight is 276 g/mol. The summed E-state index contributed by atoms with van der Waals surface area (Å²) in [7, 11) is 0. The number of amides is 2. The second-order valence-electron chi connectivity index (χ2n) is 4.88. The van der Waals surface area contributed by atoms with Gasteiger partial charge in [-0.05, 0) is 6.42 Å². The van der Waals surface area contributed by atoms with Gasteiger partial charge in [-0.1, -0.05) is 37.5 Å². The van der Waals surface area contributed by atoms with E-state index in [4.69, 9.17) is 21.2 Å². The monoisotopic (exact) mass is 275 g/mol. The van der Waals surface area contributed by atoms with Gasteiger partial charge < -0.3 is 14.9 Å². The topological polar surface area (TPSA) is 87.4 Å².